The van der Waals surface area contributed by atoms with Crippen LogP contribution >= 0.6 is 0 Å². The van der Waals surface area contributed by atoms with Gasteiger partial charge in [-0.3, -0.25) is 0 Å². The van der Waals surface area contributed by atoms with Gasteiger partial charge in [0, 0.05) is 0 Å². The van der Waals surface area contributed by atoms with Crippen LogP contribution in [0.15, 0.2) is 9.06 Å². The quantitative estimate of drug-likeness (QED) is 0.208. The van der Waals surface area contributed by atoms with Crippen LogP contribution < -0.4 is 0 Å². The van der Waals surface area contributed by atoms with E-state index in [1.54, 1.807) is 0 Å². The normalized spacial score (nSPS) is 12.5. The van der Waals surface area contributed by atoms with E-state index in [2.05, 4.69) is 56.2 Å². The molecule has 0 aliphatic rings. The Morgan fingerprint density at radius 1 is 0.909 bits per heavy atom. The molecule has 0 radical (unpaired) electrons. The van der Waals surface area contributed by atoms with E-state index in [-0.39, 0.29) is 0 Å². The van der Waals surface area contributed by atoms with E-state index >= 15 is 0 Å². The Morgan fingerprint density at radius 2 is 1.50 bits per heavy atom. The van der Waals surface area contributed by atoms with Gasteiger partial charge in [0.05, 0.1) is 0 Å². The monoisotopic (exact) mass is 410 g/mol. The van der Waals surface area contributed by atoms with Crippen molar-refractivity contribution in [1.29, 1.82) is 0 Å². The van der Waals surface area contributed by atoms with Crippen LogP contribution in [0.1, 0.15) is 79.6 Å². The summed E-state index contributed by atoms with van der Waals surface area (Å²) >= 11 is -1.32. The second kappa shape index (κ2) is 12.6. The van der Waals surface area contributed by atoms with Gasteiger partial charge in [0.1, 0.15) is 0 Å². The first kappa shape index (κ1) is 22.2. The Labute approximate surface area is 148 Å². The van der Waals surface area contributed by atoms with Gasteiger partial charge in [-0.25, -0.2) is 0 Å². The summed E-state index contributed by atoms with van der Waals surface area (Å²) in [5.41, 5.74) is 1.81. The van der Waals surface area contributed by atoms with E-state index in [0.29, 0.717) is 0 Å². The van der Waals surface area contributed by atoms with E-state index in [1.165, 1.54) is 51.2 Å². The van der Waals surface area contributed by atoms with Gasteiger partial charge < -0.3 is 0 Å². The molecular weight excluding hydrogens is 370 g/mol. The molecule has 0 amide bonds. The van der Waals surface area contributed by atoms with Crippen LogP contribution in [-0.4, -0.2) is 25.9 Å². The van der Waals surface area contributed by atoms with E-state index in [4.69, 9.17) is 0 Å². The molecule has 0 heterocycles. The Bertz CT molecular complexity index is 380. The third-order valence-electron chi connectivity index (χ3n) is 5.25. The van der Waals surface area contributed by atoms with Crippen molar-refractivity contribution in [2.45, 2.75) is 102 Å². The van der Waals surface area contributed by atoms with Crippen LogP contribution in [0, 0.1) is 11.7 Å². The van der Waals surface area contributed by atoms with Crippen molar-refractivity contribution in [3.63, 3.8) is 0 Å². The molecule has 0 aliphatic carbocycles. The maximum absolute atomic E-state index is 3.82. The second-order valence-corrected chi connectivity index (χ2v) is 14.4. The third-order valence-corrected chi connectivity index (χ3v) is 10.3. The molecule has 22 heavy (non-hydrogen) atoms. The SMILES string of the molecule is CCCCC#C[B-](CC)(CC)/C(CC)=[C](/CCCC)[Sn+]([CH3])[CH3]. The molecule has 0 fully saturated rings. The predicted octanol–water partition coefficient (Wildman–Crippen LogP) is 6.94. The fraction of sp³-hybridized carbons (Fsp3) is 0.800. The van der Waals surface area contributed by atoms with Crippen LogP contribution in [-0.2, 0) is 0 Å². The first-order valence-electron chi connectivity index (χ1n) is 9.74. The van der Waals surface area contributed by atoms with Gasteiger partial charge in [-0.2, -0.15) is 0 Å². The molecule has 126 valence electrons. The van der Waals surface area contributed by atoms with E-state index in [9.17, 15) is 0 Å². The average Bonchev–Trinajstić information content (AvgIpc) is 2.52. The second-order valence-electron chi connectivity index (χ2n) is 6.95. The van der Waals surface area contributed by atoms with E-state index < -0.39 is 25.9 Å². The molecule has 0 spiro atoms. The van der Waals surface area contributed by atoms with Crippen molar-refractivity contribution in [3.05, 3.63) is 9.06 Å². The standard InChI is InChI=1S/C18H33B.2CH3.Sn/c1-6-11-13-15-17-19(9-4,10-5)18(8-3)16-14-12-7-2;;;/h6-14H2,1-5H3;2*1H3;/q-1;;;+1. The molecule has 0 unspecified atom stereocenters. The molecule has 0 saturated heterocycles. The molecule has 0 aromatic heterocycles. The molecule has 0 atom stereocenters. The van der Waals surface area contributed by atoms with Gasteiger partial charge in [0.15, 0.2) is 0 Å². The summed E-state index contributed by atoms with van der Waals surface area (Å²) in [5.74, 6) is 7.38. The fourth-order valence-corrected chi connectivity index (χ4v) is 8.69. The van der Waals surface area contributed by atoms with Crippen molar-refractivity contribution in [1.82, 2.24) is 0 Å². The van der Waals surface area contributed by atoms with Crippen molar-refractivity contribution < 1.29 is 0 Å². The number of hydrogen-bond acceptors (Lipinski definition) is 0. The summed E-state index contributed by atoms with van der Waals surface area (Å²) < 4.78 is 1.92. The van der Waals surface area contributed by atoms with Gasteiger partial charge in [-0.05, 0) is 0 Å². The van der Waals surface area contributed by atoms with Crippen molar-refractivity contribution >= 4 is 25.9 Å². The van der Waals surface area contributed by atoms with Crippen LogP contribution in [0.5, 0.6) is 0 Å². The van der Waals surface area contributed by atoms with Gasteiger partial charge >= 0.3 is 149 Å². The zero-order valence-electron chi connectivity index (χ0n) is 16.4. The molecule has 2 heteroatoms. The zero-order chi connectivity index (χ0) is 17.0. The van der Waals surface area contributed by atoms with Crippen molar-refractivity contribution in [2.75, 3.05) is 0 Å². The average molecular weight is 409 g/mol. The molecule has 0 N–H and O–H groups in total. The van der Waals surface area contributed by atoms with Crippen LogP contribution in [0.25, 0.3) is 0 Å². The first-order valence-corrected chi connectivity index (χ1v) is 16.9. The number of allylic oxidation sites excluding steroid dienone is 2. The maximum atomic E-state index is 3.82. The third kappa shape index (κ3) is 6.73. The molecular formula is C20H39BSn. The molecule has 0 rings (SSSR count). The van der Waals surface area contributed by atoms with Gasteiger partial charge in [-0.15, -0.1) is 0 Å². The van der Waals surface area contributed by atoms with Crippen LogP contribution in [0.3, 0.4) is 0 Å². The molecule has 0 aliphatic heterocycles. The Morgan fingerprint density at radius 3 is 1.91 bits per heavy atom. The summed E-state index contributed by atoms with van der Waals surface area (Å²) in [6.07, 6.45) is 10.8. The van der Waals surface area contributed by atoms with E-state index in [0.717, 1.165) is 6.42 Å². The summed E-state index contributed by atoms with van der Waals surface area (Å²) in [6, 6.07) is 0. The predicted molar refractivity (Wildman–Crippen MR) is 108 cm³/mol. The fourth-order valence-electron chi connectivity index (χ4n) is 3.63. The Hall–Kier alpha value is 0.164. The Balaban J connectivity index is 5.73. The van der Waals surface area contributed by atoms with Gasteiger partial charge in [0.2, 0.25) is 0 Å². The summed E-state index contributed by atoms with van der Waals surface area (Å²) in [5, 5.41) is 0. The molecule has 0 aromatic rings. The van der Waals surface area contributed by atoms with Crippen LogP contribution in [0.2, 0.25) is 22.5 Å². The summed E-state index contributed by atoms with van der Waals surface area (Å²) in [6.45, 7) is 11.7. The van der Waals surface area contributed by atoms with E-state index in [1.807, 2.05) is 9.06 Å². The number of unbranched alkanes of at least 4 members (excludes halogenated alkanes) is 3. The topological polar surface area (TPSA) is 0 Å². The minimum atomic E-state index is -1.32. The van der Waals surface area contributed by atoms with Crippen molar-refractivity contribution in [2.24, 2.45) is 0 Å². The summed E-state index contributed by atoms with van der Waals surface area (Å²) in [7, 11) is 0. The van der Waals surface area contributed by atoms with Crippen molar-refractivity contribution in [3.8, 4) is 11.7 Å². The minimum absolute atomic E-state index is 0.595. The molecule has 0 saturated carbocycles. The Kier molecular flexibility index (Phi) is 12.7. The first-order chi connectivity index (χ1) is 10.5. The van der Waals surface area contributed by atoms with Gasteiger partial charge in [-0.1, -0.05) is 0 Å². The number of rotatable bonds is 10. The molecule has 0 bridgehead atoms. The molecule has 0 aromatic carbocycles. The van der Waals surface area contributed by atoms with Gasteiger partial charge in [0.25, 0.3) is 0 Å². The zero-order valence-corrected chi connectivity index (χ0v) is 19.3. The number of hydrogen-bond donors (Lipinski definition) is 0. The van der Waals surface area contributed by atoms with Crippen LogP contribution in [0.4, 0.5) is 0 Å². The molecule has 0 nitrogen and oxygen atoms in total. The summed E-state index contributed by atoms with van der Waals surface area (Å²) in [4.78, 5) is 5.14.